The summed E-state index contributed by atoms with van der Waals surface area (Å²) in [4.78, 5) is 16.5. The first kappa shape index (κ1) is 12.2. The van der Waals surface area contributed by atoms with Gasteiger partial charge in [0.25, 0.3) is 5.91 Å². The summed E-state index contributed by atoms with van der Waals surface area (Å²) >= 11 is 1.70. The van der Waals surface area contributed by atoms with Crippen molar-refractivity contribution in [1.29, 1.82) is 0 Å². The number of hydrogen-bond donors (Lipinski definition) is 0. The number of rotatable bonds is 2. The molecule has 3 heteroatoms. The van der Waals surface area contributed by atoms with E-state index in [4.69, 9.17) is 0 Å². The topological polar surface area (TPSA) is 20.3 Å². The van der Waals surface area contributed by atoms with Crippen molar-refractivity contribution in [2.45, 2.75) is 13.3 Å². The highest BCUT2D eigenvalue weighted by molar-refractivity contribution is 7.12. The molecular formula is C16H15NOS. The van der Waals surface area contributed by atoms with E-state index in [1.54, 1.807) is 17.4 Å². The number of para-hydroxylation sites is 1. The first-order valence-corrected chi connectivity index (χ1v) is 7.19. The summed E-state index contributed by atoms with van der Waals surface area (Å²) in [6.45, 7) is 2.85. The first-order valence-electron chi connectivity index (χ1n) is 6.38. The van der Waals surface area contributed by atoms with Crippen LogP contribution in [0.1, 0.15) is 15.3 Å². The standard InChI is InChI=1S/C16H15NOS/c1-12-6-7-14(19-12)8-9-16(18)17-11-10-13-4-2-3-5-15(13)17/h2-9H,10-11H2,1H3/b9-8+. The Balaban J connectivity index is 1.77. The van der Waals surface area contributed by atoms with Crippen LogP contribution in [0.25, 0.3) is 6.08 Å². The average molecular weight is 269 g/mol. The lowest BCUT2D eigenvalue weighted by Gasteiger charge is -2.14. The molecule has 0 aliphatic carbocycles. The molecule has 1 aliphatic rings. The van der Waals surface area contributed by atoms with Crippen molar-refractivity contribution in [3.8, 4) is 0 Å². The van der Waals surface area contributed by atoms with E-state index < -0.39 is 0 Å². The molecule has 1 aliphatic heterocycles. The number of fused-ring (bicyclic) bond motifs is 1. The van der Waals surface area contributed by atoms with Crippen LogP contribution in [0.5, 0.6) is 0 Å². The number of aryl methyl sites for hydroxylation is 1. The molecule has 0 spiro atoms. The fourth-order valence-corrected chi connectivity index (χ4v) is 3.13. The van der Waals surface area contributed by atoms with Crippen molar-refractivity contribution in [2.75, 3.05) is 11.4 Å². The zero-order chi connectivity index (χ0) is 13.2. The minimum atomic E-state index is 0.0657. The number of carbonyl (C=O) groups is 1. The maximum atomic E-state index is 12.2. The molecule has 19 heavy (non-hydrogen) atoms. The van der Waals surface area contributed by atoms with E-state index in [-0.39, 0.29) is 5.91 Å². The number of thiophene rings is 1. The smallest absolute Gasteiger partial charge is 0.251 e. The molecule has 2 heterocycles. The Morgan fingerprint density at radius 3 is 2.89 bits per heavy atom. The Labute approximate surface area is 117 Å². The van der Waals surface area contributed by atoms with Gasteiger partial charge in [0.05, 0.1) is 0 Å². The lowest BCUT2D eigenvalue weighted by molar-refractivity contribution is -0.114. The molecule has 96 valence electrons. The van der Waals surface area contributed by atoms with Gasteiger partial charge < -0.3 is 4.90 Å². The Morgan fingerprint density at radius 2 is 2.11 bits per heavy atom. The summed E-state index contributed by atoms with van der Waals surface area (Å²) in [7, 11) is 0. The molecule has 1 aromatic carbocycles. The summed E-state index contributed by atoms with van der Waals surface area (Å²) in [5.41, 5.74) is 2.32. The summed E-state index contributed by atoms with van der Waals surface area (Å²) in [6.07, 6.45) is 4.53. The molecular weight excluding hydrogens is 254 g/mol. The van der Waals surface area contributed by atoms with Crippen molar-refractivity contribution in [2.24, 2.45) is 0 Å². The molecule has 1 aromatic heterocycles. The third-order valence-electron chi connectivity index (χ3n) is 3.30. The fraction of sp³-hybridized carbons (Fsp3) is 0.188. The molecule has 2 aromatic rings. The monoisotopic (exact) mass is 269 g/mol. The molecule has 0 atom stereocenters. The Bertz CT molecular complexity index is 642. The maximum absolute atomic E-state index is 12.2. The fourth-order valence-electron chi connectivity index (χ4n) is 2.35. The van der Waals surface area contributed by atoms with E-state index in [9.17, 15) is 4.79 Å². The zero-order valence-electron chi connectivity index (χ0n) is 10.8. The molecule has 0 unspecified atom stereocenters. The van der Waals surface area contributed by atoms with E-state index >= 15 is 0 Å². The molecule has 2 nitrogen and oxygen atoms in total. The minimum Gasteiger partial charge on any atom is -0.308 e. The van der Waals surface area contributed by atoms with Crippen molar-refractivity contribution in [3.05, 3.63) is 57.8 Å². The van der Waals surface area contributed by atoms with Crippen LogP contribution in [0, 0.1) is 6.92 Å². The van der Waals surface area contributed by atoms with E-state index in [1.807, 2.05) is 35.2 Å². The quantitative estimate of drug-likeness (QED) is 0.762. The van der Waals surface area contributed by atoms with Crippen LogP contribution in [0.15, 0.2) is 42.5 Å². The van der Waals surface area contributed by atoms with E-state index in [1.165, 1.54) is 10.4 Å². The molecule has 0 saturated carbocycles. The molecule has 0 saturated heterocycles. The van der Waals surface area contributed by atoms with Crippen LogP contribution in [0.4, 0.5) is 5.69 Å². The number of nitrogens with zero attached hydrogens (tertiary/aromatic N) is 1. The van der Waals surface area contributed by atoms with Crippen LogP contribution in [-0.4, -0.2) is 12.5 Å². The number of amides is 1. The van der Waals surface area contributed by atoms with Crippen molar-refractivity contribution < 1.29 is 4.79 Å². The average Bonchev–Trinajstić information content (AvgIpc) is 3.02. The van der Waals surface area contributed by atoms with Gasteiger partial charge in [0.15, 0.2) is 0 Å². The molecule has 0 fully saturated rings. The molecule has 0 radical (unpaired) electrons. The summed E-state index contributed by atoms with van der Waals surface area (Å²) in [5, 5.41) is 0. The Hall–Kier alpha value is -1.87. The lowest BCUT2D eigenvalue weighted by Crippen LogP contribution is -2.26. The van der Waals surface area contributed by atoms with E-state index in [0.717, 1.165) is 23.5 Å². The number of benzene rings is 1. The highest BCUT2D eigenvalue weighted by Gasteiger charge is 2.22. The van der Waals surface area contributed by atoms with E-state index in [0.29, 0.717) is 0 Å². The van der Waals surface area contributed by atoms with Crippen LogP contribution in [0.2, 0.25) is 0 Å². The van der Waals surface area contributed by atoms with Crippen molar-refractivity contribution >= 4 is 29.0 Å². The van der Waals surface area contributed by atoms with Gasteiger partial charge in [-0.05, 0) is 43.2 Å². The highest BCUT2D eigenvalue weighted by Crippen LogP contribution is 2.27. The third-order valence-corrected chi connectivity index (χ3v) is 4.27. The Kier molecular flexibility index (Phi) is 3.22. The van der Waals surface area contributed by atoms with Crippen LogP contribution >= 0.6 is 11.3 Å². The van der Waals surface area contributed by atoms with Gasteiger partial charge in [-0.1, -0.05) is 18.2 Å². The second-order valence-electron chi connectivity index (χ2n) is 4.65. The predicted octanol–water partition coefficient (Wildman–Crippen LogP) is 3.66. The zero-order valence-corrected chi connectivity index (χ0v) is 11.6. The van der Waals surface area contributed by atoms with Crippen LogP contribution < -0.4 is 4.90 Å². The SMILES string of the molecule is Cc1ccc(/C=C/C(=O)N2CCc3ccccc32)s1. The van der Waals surface area contributed by atoms with Gasteiger partial charge in [-0.15, -0.1) is 11.3 Å². The summed E-state index contributed by atoms with van der Waals surface area (Å²) in [5.74, 6) is 0.0657. The summed E-state index contributed by atoms with van der Waals surface area (Å²) in [6, 6.07) is 12.2. The molecule has 1 amide bonds. The van der Waals surface area contributed by atoms with Crippen molar-refractivity contribution in [3.63, 3.8) is 0 Å². The van der Waals surface area contributed by atoms with Crippen LogP contribution in [0.3, 0.4) is 0 Å². The summed E-state index contributed by atoms with van der Waals surface area (Å²) < 4.78 is 0. The highest BCUT2D eigenvalue weighted by atomic mass is 32.1. The molecule has 0 bridgehead atoms. The van der Waals surface area contributed by atoms with Gasteiger partial charge in [0.2, 0.25) is 0 Å². The lowest BCUT2D eigenvalue weighted by atomic mass is 10.2. The predicted molar refractivity (Wildman–Crippen MR) is 80.6 cm³/mol. The van der Waals surface area contributed by atoms with Gasteiger partial charge in [-0.25, -0.2) is 0 Å². The second-order valence-corrected chi connectivity index (χ2v) is 5.97. The maximum Gasteiger partial charge on any atom is 0.251 e. The molecule has 3 rings (SSSR count). The molecule has 0 N–H and O–H groups in total. The normalized spacial score (nSPS) is 14.1. The largest absolute Gasteiger partial charge is 0.308 e. The number of anilines is 1. The minimum absolute atomic E-state index is 0.0657. The second kappa shape index (κ2) is 5.02. The van der Waals surface area contributed by atoms with Gasteiger partial charge >= 0.3 is 0 Å². The van der Waals surface area contributed by atoms with Gasteiger partial charge in [0, 0.05) is 28.1 Å². The third kappa shape index (κ3) is 2.47. The number of hydrogen-bond acceptors (Lipinski definition) is 2. The van der Waals surface area contributed by atoms with Crippen molar-refractivity contribution in [1.82, 2.24) is 0 Å². The van der Waals surface area contributed by atoms with Gasteiger partial charge in [-0.2, -0.15) is 0 Å². The van der Waals surface area contributed by atoms with Gasteiger partial charge in [-0.3, -0.25) is 4.79 Å². The Morgan fingerprint density at radius 1 is 1.26 bits per heavy atom. The van der Waals surface area contributed by atoms with Gasteiger partial charge in [0.1, 0.15) is 0 Å². The van der Waals surface area contributed by atoms with Crippen LogP contribution in [-0.2, 0) is 11.2 Å². The first-order chi connectivity index (χ1) is 9.24. The number of carbonyl (C=O) groups excluding carboxylic acids is 1. The van der Waals surface area contributed by atoms with E-state index in [2.05, 4.69) is 19.1 Å².